The van der Waals surface area contributed by atoms with Gasteiger partial charge in [-0.2, -0.15) is 13.2 Å². The SMILES string of the molecule is Cc1ccc(Br)c(NC(=O)c2ccc(C(F)(F)F)nc2)c1. The predicted molar refractivity (Wildman–Crippen MR) is 76.1 cm³/mol. The van der Waals surface area contributed by atoms with Crippen LogP contribution < -0.4 is 5.32 Å². The van der Waals surface area contributed by atoms with Crippen molar-refractivity contribution in [2.75, 3.05) is 5.32 Å². The van der Waals surface area contributed by atoms with E-state index >= 15 is 0 Å². The average Bonchev–Trinajstić information content (AvgIpc) is 2.42. The van der Waals surface area contributed by atoms with Crippen molar-refractivity contribution in [2.45, 2.75) is 13.1 Å². The molecule has 1 amide bonds. The van der Waals surface area contributed by atoms with Crippen LogP contribution in [-0.4, -0.2) is 10.9 Å². The standard InChI is InChI=1S/C14H10BrF3N2O/c1-8-2-4-10(15)11(6-8)20-13(21)9-3-5-12(19-7-9)14(16,17)18/h2-7H,1H3,(H,20,21). The third-order valence-electron chi connectivity index (χ3n) is 2.69. The molecule has 0 aliphatic heterocycles. The van der Waals surface area contributed by atoms with E-state index in [4.69, 9.17) is 0 Å². The van der Waals surface area contributed by atoms with E-state index < -0.39 is 17.8 Å². The van der Waals surface area contributed by atoms with Gasteiger partial charge in [0.1, 0.15) is 5.69 Å². The molecule has 3 nitrogen and oxygen atoms in total. The molecule has 21 heavy (non-hydrogen) atoms. The zero-order chi connectivity index (χ0) is 15.6. The Morgan fingerprint density at radius 1 is 1.24 bits per heavy atom. The van der Waals surface area contributed by atoms with E-state index in [9.17, 15) is 18.0 Å². The number of hydrogen-bond donors (Lipinski definition) is 1. The van der Waals surface area contributed by atoms with Crippen LogP contribution in [0.25, 0.3) is 0 Å². The molecule has 1 heterocycles. The van der Waals surface area contributed by atoms with Gasteiger partial charge in [0, 0.05) is 10.7 Å². The van der Waals surface area contributed by atoms with E-state index in [1.807, 2.05) is 13.0 Å². The molecule has 0 saturated heterocycles. The lowest BCUT2D eigenvalue weighted by Gasteiger charge is -2.09. The number of carbonyl (C=O) groups is 1. The summed E-state index contributed by atoms with van der Waals surface area (Å²) in [5.74, 6) is -0.525. The Morgan fingerprint density at radius 3 is 2.52 bits per heavy atom. The molecule has 2 rings (SSSR count). The normalized spacial score (nSPS) is 11.3. The number of carbonyl (C=O) groups excluding carboxylic acids is 1. The topological polar surface area (TPSA) is 42.0 Å². The summed E-state index contributed by atoms with van der Waals surface area (Å²) in [7, 11) is 0. The number of pyridine rings is 1. The van der Waals surface area contributed by atoms with E-state index in [1.54, 1.807) is 12.1 Å². The van der Waals surface area contributed by atoms with Crippen molar-refractivity contribution in [1.82, 2.24) is 4.98 Å². The van der Waals surface area contributed by atoms with Crippen LogP contribution in [0.3, 0.4) is 0 Å². The summed E-state index contributed by atoms with van der Waals surface area (Å²) in [6.45, 7) is 1.86. The molecule has 1 aromatic heterocycles. The van der Waals surface area contributed by atoms with Gasteiger partial charge in [-0.1, -0.05) is 6.07 Å². The van der Waals surface area contributed by atoms with Crippen molar-refractivity contribution >= 4 is 27.5 Å². The van der Waals surface area contributed by atoms with Crippen LogP contribution >= 0.6 is 15.9 Å². The minimum absolute atomic E-state index is 0.0522. The molecule has 0 unspecified atom stereocenters. The number of anilines is 1. The molecule has 1 aromatic carbocycles. The van der Waals surface area contributed by atoms with Crippen LogP contribution in [0.15, 0.2) is 41.0 Å². The molecule has 7 heteroatoms. The number of nitrogens with zero attached hydrogens (tertiary/aromatic N) is 1. The molecule has 110 valence electrons. The van der Waals surface area contributed by atoms with Crippen LogP contribution in [0, 0.1) is 6.92 Å². The summed E-state index contributed by atoms with van der Waals surface area (Å²) in [6.07, 6.45) is -3.61. The van der Waals surface area contributed by atoms with Gasteiger partial charge in [-0.05, 0) is 52.7 Å². The number of amides is 1. The molecule has 0 spiro atoms. The van der Waals surface area contributed by atoms with Gasteiger partial charge < -0.3 is 5.32 Å². The van der Waals surface area contributed by atoms with Gasteiger partial charge in [0.25, 0.3) is 5.91 Å². The van der Waals surface area contributed by atoms with Crippen molar-refractivity contribution in [3.05, 3.63) is 57.8 Å². The first-order valence-corrected chi connectivity index (χ1v) is 6.67. The highest BCUT2D eigenvalue weighted by molar-refractivity contribution is 9.10. The lowest BCUT2D eigenvalue weighted by Crippen LogP contribution is -2.14. The molecular formula is C14H10BrF3N2O. The maximum Gasteiger partial charge on any atom is 0.433 e. The lowest BCUT2D eigenvalue weighted by molar-refractivity contribution is -0.141. The molecular weight excluding hydrogens is 349 g/mol. The maximum absolute atomic E-state index is 12.4. The predicted octanol–water partition coefficient (Wildman–Crippen LogP) is 4.42. The summed E-state index contributed by atoms with van der Waals surface area (Å²) >= 11 is 3.29. The highest BCUT2D eigenvalue weighted by Crippen LogP contribution is 2.27. The second-order valence-electron chi connectivity index (χ2n) is 4.37. The zero-order valence-corrected chi connectivity index (χ0v) is 12.4. The van der Waals surface area contributed by atoms with E-state index in [0.29, 0.717) is 10.2 Å². The number of hydrogen-bond acceptors (Lipinski definition) is 2. The van der Waals surface area contributed by atoms with E-state index in [0.717, 1.165) is 23.9 Å². The zero-order valence-electron chi connectivity index (χ0n) is 10.8. The van der Waals surface area contributed by atoms with Gasteiger partial charge in [-0.15, -0.1) is 0 Å². The number of aromatic nitrogens is 1. The van der Waals surface area contributed by atoms with E-state index in [1.165, 1.54) is 0 Å². The Bertz CT molecular complexity index is 669. The minimum Gasteiger partial charge on any atom is -0.321 e. The van der Waals surface area contributed by atoms with Gasteiger partial charge >= 0.3 is 6.18 Å². The molecule has 0 saturated carbocycles. The summed E-state index contributed by atoms with van der Waals surface area (Å²) in [4.78, 5) is 15.2. The number of halogens is 4. The largest absolute Gasteiger partial charge is 0.433 e. The van der Waals surface area contributed by atoms with E-state index in [2.05, 4.69) is 26.2 Å². The smallest absolute Gasteiger partial charge is 0.321 e. The second-order valence-corrected chi connectivity index (χ2v) is 5.22. The number of nitrogens with one attached hydrogen (secondary N) is 1. The Balaban J connectivity index is 2.19. The van der Waals surface area contributed by atoms with Gasteiger partial charge in [-0.3, -0.25) is 9.78 Å². The Labute approximate surface area is 127 Å². The number of alkyl halides is 3. The fraction of sp³-hybridized carbons (Fsp3) is 0.143. The number of benzene rings is 1. The van der Waals surface area contributed by atoms with Crippen LogP contribution in [0.1, 0.15) is 21.6 Å². The number of aryl methyl sites for hydroxylation is 1. The highest BCUT2D eigenvalue weighted by atomic mass is 79.9. The van der Waals surface area contributed by atoms with Crippen molar-refractivity contribution < 1.29 is 18.0 Å². The van der Waals surface area contributed by atoms with Crippen LogP contribution in [0.4, 0.5) is 18.9 Å². The van der Waals surface area contributed by atoms with E-state index in [-0.39, 0.29) is 5.56 Å². The fourth-order valence-electron chi connectivity index (χ4n) is 1.63. The van der Waals surface area contributed by atoms with Crippen molar-refractivity contribution in [2.24, 2.45) is 0 Å². The molecule has 2 aromatic rings. The quantitative estimate of drug-likeness (QED) is 0.862. The van der Waals surface area contributed by atoms with Crippen molar-refractivity contribution in [3.63, 3.8) is 0 Å². The van der Waals surface area contributed by atoms with Crippen molar-refractivity contribution in [1.29, 1.82) is 0 Å². The second kappa shape index (κ2) is 5.85. The first-order valence-electron chi connectivity index (χ1n) is 5.88. The van der Waals surface area contributed by atoms with Gasteiger partial charge in [0.05, 0.1) is 11.3 Å². The average molecular weight is 359 g/mol. The van der Waals surface area contributed by atoms with Gasteiger partial charge in [0.2, 0.25) is 0 Å². The van der Waals surface area contributed by atoms with Gasteiger partial charge in [-0.25, -0.2) is 0 Å². The van der Waals surface area contributed by atoms with Gasteiger partial charge in [0.15, 0.2) is 0 Å². The number of rotatable bonds is 2. The minimum atomic E-state index is -4.52. The third-order valence-corrected chi connectivity index (χ3v) is 3.38. The fourth-order valence-corrected chi connectivity index (χ4v) is 1.97. The Hall–Kier alpha value is -1.89. The molecule has 0 fully saturated rings. The molecule has 0 atom stereocenters. The van der Waals surface area contributed by atoms with Crippen molar-refractivity contribution in [3.8, 4) is 0 Å². The maximum atomic E-state index is 12.4. The Kier molecular flexibility index (Phi) is 4.32. The molecule has 1 N–H and O–H groups in total. The summed E-state index contributed by atoms with van der Waals surface area (Å²) in [6, 6.07) is 7.25. The van der Waals surface area contributed by atoms with Crippen LogP contribution in [0.5, 0.6) is 0 Å². The molecule has 0 bridgehead atoms. The summed E-state index contributed by atoms with van der Waals surface area (Å²) in [5.41, 5.74) is 0.506. The first kappa shape index (κ1) is 15.5. The monoisotopic (exact) mass is 358 g/mol. The summed E-state index contributed by atoms with van der Waals surface area (Å²) in [5, 5.41) is 2.62. The molecule has 0 radical (unpaired) electrons. The lowest BCUT2D eigenvalue weighted by atomic mass is 10.2. The van der Waals surface area contributed by atoms with Crippen LogP contribution in [0.2, 0.25) is 0 Å². The first-order chi connectivity index (χ1) is 9.77. The van der Waals surface area contributed by atoms with Crippen LogP contribution in [-0.2, 0) is 6.18 Å². The highest BCUT2D eigenvalue weighted by Gasteiger charge is 2.32. The Morgan fingerprint density at radius 2 is 1.95 bits per heavy atom. The summed E-state index contributed by atoms with van der Waals surface area (Å²) < 4.78 is 37.9. The molecule has 0 aliphatic carbocycles. The third kappa shape index (κ3) is 3.81. The molecule has 0 aliphatic rings.